The Bertz CT molecular complexity index is 155. The molecule has 0 rings (SSSR count). The lowest BCUT2D eigenvalue weighted by molar-refractivity contribution is 0.0206. The summed E-state index contributed by atoms with van der Waals surface area (Å²) in [7, 11) is 4.44. The van der Waals surface area contributed by atoms with Crippen molar-refractivity contribution in [3.63, 3.8) is 0 Å². The van der Waals surface area contributed by atoms with Crippen molar-refractivity contribution >= 4 is 9.24 Å². The fraction of sp³-hybridized carbons (Fsp3) is 1.00. The van der Waals surface area contributed by atoms with Gasteiger partial charge < -0.3 is 25.8 Å². The maximum absolute atomic E-state index is 8.34. The highest BCUT2D eigenvalue weighted by Crippen LogP contribution is 2.13. The molecular weight excluding hydrogens is 229 g/mol. The van der Waals surface area contributed by atoms with Crippen molar-refractivity contribution in [1.82, 2.24) is 0 Å². The van der Waals surface area contributed by atoms with E-state index < -0.39 is 25.4 Å². The lowest BCUT2D eigenvalue weighted by Gasteiger charge is -2.21. The van der Waals surface area contributed by atoms with Crippen LogP contribution < -0.4 is 5.73 Å². The number of hydrogen-bond acceptors (Lipinski definition) is 5. The summed E-state index contributed by atoms with van der Waals surface area (Å²) in [6.45, 7) is 2.98. The van der Waals surface area contributed by atoms with Gasteiger partial charge in [0.05, 0.1) is 31.0 Å². The summed E-state index contributed by atoms with van der Waals surface area (Å²) < 4.78 is 5.16. The summed E-state index contributed by atoms with van der Waals surface area (Å²) in [5.41, 5.74) is 4.01. The van der Waals surface area contributed by atoms with Crippen LogP contribution in [0.15, 0.2) is 0 Å². The van der Waals surface area contributed by atoms with Gasteiger partial charge in [0.25, 0.3) is 0 Å². The monoisotopic (exact) mass is 255 g/mol. The van der Waals surface area contributed by atoms with Crippen LogP contribution in [0.5, 0.6) is 0 Å². The zero-order chi connectivity index (χ0) is 13.2. The lowest BCUT2D eigenvalue weighted by Crippen LogP contribution is -2.50. The van der Waals surface area contributed by atoms with E-state index in [0.29, 0.717) is 0 Å². The molecule has 6 heteroatoms. The summed E-state index contributed by atoms with van der Waals surface area (Å²) in [6, 6.07) is 0. The molecule has 0 aliphatic rings. The Morgan fingerprint density at radius 1 is 1.12 bits per heavy atom. The first-order valence-electron chi connectivity index (χ1n) is 5.17. The summed E-state index contributed by atoms with van der Waals surface area (Å²) >= 11 is 0. The molecule has 16 heavy (non-hydrogen) atoms. The van der Waals surface area contributed by atoms with Crippen LogP contribution in [0.25, 0.3) is 0 Å². The van der Waals surface area contributed by atoms with Gasteiger partial charge in [-0.3, -0.25) is 0 Å². The van der Waals surface area contributed by atoms with Gasteiger partial charge in [0, 0.05) is 7.11 Å². The van der Waals surface area contributed by atoms with E-state index >= 15 is 0 Å². The number of ether oxygens (including phenoxy) is 1. The summed E-state index contributed by atoms with van der Waals surface area (Å²) in [5, 5.41) is 25.0. The first-order chi connectivity index (χ1) is 7.30. The quantitative estimate of drug-likeness (QED) is 0.472. The van der Waals surface area contributed by atoms with Gasteiger partial charge >= 0.3 is 0 Å². The molecule has 0 radical (unpaired) electrons. The number of aliphatic hydroxyl groups excluding tert-OH is 3. The largest absolute Gasteiger partial charge is 0.394 e. The van der Waals surface area contributed by atoms with E-state index in [1.54, 1.807) is 7.11 Å². The van der Waals surface area contributed by atoms with Gasteiger partial charge in [0.15, 0.2) is 0 Å². The van der Waals surface area contributed by atoms with Gasteiger partial charge in [0.2, 0.25) is 0 Å². The molecule has 0 aromatic carbocycles. The van der Waals surface area contributed by atoms with E-state index in [9.17, 15) is 0 Å². The van der Waals surface area contributed by atoms with Gasteiger partial charge in [-0.1, -0.05) is 0 Å². The Kier molecular flexibility index (Phi) is 10.8. The first-order valence-corrected chi connectivity index (χ1v) is 5.99. The predicted molar refractivity (Wildman–Crippen MR) is 68.5 cm³/mol. The summed E-state index contributed by atoms with van der Waals surface area (Å²) in [6.07, 6.45) is 2.22. The molecule has 0 fully saturated rings. The predicted octanol–water partition coefficient (Wildman–Crippen LogP) is -0.663. The molecule has 0 saturated carbocycles. The second-order valence-electron chi connectivity index (χ2n) is 4.34. The highest BCUT2D eigenvalue weighted by molar-refractivity contribution is 7.16. The highest BCUT2D eigenvalue weighted by Gasteiger charge is 2.20. The second kappa shape index (κ2) is 9.28. The zero-order valence-electron chi connectivity index (χ0n) is 10.4. The van der Waals surface area contributed by atoms with Crippen LogP contribution in [0.4, 0.5) is 0 Å². The first kappa shape index (κ1) is 18.6. The number of methoxy groups -OCH3 is 1. The number of rotatable bonds is 6. The van der Waals surface area contributed by atoms with E-state index in [4.69, 9.17) is 25.8 Å². The van der Waals surface area contributed by atoms with Crippen LogP contribution in [0, 0.1) is 0 Å². The Labute approximate surface area is 100 Å². The van der Waals surface area contributed by atoms with Crippen LogP contribution >= 0.6 is 9.24 Å². The van der Waals surface area contributed by atoms with Crippen molar-refractivity contribution in [2.75, 3.05) is 33.1 Å². The lowest BCUT2D eigenvalue weighted by atomic mass is 10.1. The van der Waals surface area contributed by atoms with Crippen LogP contribution in [0.2, 0.25) is 0 Å². The van der Waals surface area contributed by atoms with Crippen LogP contribution in [0.3, 0.4) is 0 Å². The fourth-order valence-corrected chi connectivity index (χ4v) is 1.29. The smallest absolute Gasteiger partial charge is 0.0856 e. The molecule has 5 N–H and O–H groups in total. The molecule has 5 nitrogen and oxygen atoms in total. The van der Waals surface area contributed by atoms with Gasteiger partial charge in [0.1, 0.15) is 0 Å². The second-order valence-corrected chi connectivity index (χ2v) is 4.92. The third-order valence-electron chi connectivity index (χ3n) is 2.24. The minimum Gasteiger partial charge on any atom is -0.394 e. The molecule has 0 spiro atoms. The minimum absolute atomic E-state index is 0.0712. The van der Waals surface area contributed by atoms with Crippen molar-refractivity contribution in [1.29, 1.82) is 0 Å². The van der Waals surface area contributed by atoms with Crippen molar-refractivity contribution in [3.8, 4) is 0 Å². The topological polar surface area (TPSA) is 95.9 Å². The molecule has 0 aromatic rings. The molecule has 0 saturated heterocycles. The van der Waals surface area contributed by atoms with Gasteiger partial charge in [-0.2, -0.15) is 0 Å². The molecule has 1 unspecified atom stereocenters. The maximum atomic E-state index is 8.34. The van der Waals surface area contributed by atoms with Crippen molar-refractivity contribution in [2.45, 2.75) is 31.4 Å². The van der Waals surface area contributed by atoms with Gasteiger partial charge in [-0.05, 0) is 26.4 Å². The number of hydrogen-bond donors (Lipinski definition) is 4. The Morgan fingerprint density at radius 3 is 1.56 bits per heavy atom. The Morgan fingerprint density at radius 2 is 1.50 bits per heavy atom. The average molecular weight is 255 g/mol. The third kappa shape index (κ3) is 9.46. The van der Waals surface area contributed by atoms with E-state index in [1.165, 1.54) is 0 Å². The fourth-order valence-electron chi connectivity index (χ4n) is 0.600. The number of aliphatic hydroxyl groups is 3. The molecule has 0 bridgehead atoms. The van der Waals surface area contributed by atoms with E-state index in [2.05, 4.69) is 23.1 Å². The summed E-state index contributed by atoms with van der Waals surface area (Å²) in [5.74, 6) is 0. The Hall–Kier alpha value is 0.230. The molecule has 1 atom stereocenters. The van der Waals surface area contributed by atoms with Crippen molar-refractivity contribution in [2.24, 2.45) is 5.73 Å². The molecule has 0 amide bonds. The molecular formula is C10H26NO4P. The standard InChI is InChI=1S/C6H15OP.C4H11NO3/c1-6(2,7-3)4-5-8;5-4(1-6,2-7)3-8/h4-5,8H2,1-3H3;6-8H,1-3,5H2. The van der Waals surface area contributed by atoms with E-state index in [0.717, 1.165) is 12.6 Å². The van der Waals surface area contributed by atoms with E-state index in [1.807, 2.05) is 0 Å². The molecule has 0 heterocycles. The van der Waals surface area contributed by atoms with E-state index in [-0.39, 0.29) is 5.60 Å². The van der Waals surface area contributed by atoms with Crippen LogP contribution in [-0.4, -0.2) is 59.6 Å². The molecule has 0 aliphatic heterocycles. The van der Waals surface area contributed by atoms with Gasteiger partial charge in [-0.15, -0.1) is 9.24 Å². The average Bonchev–Trinajstić information content (AvgIpc) is 2.29. The highest BCUT2D eigenvalue weighted by atomic mass is 31.0. The van der Waals surface area contributed by atoms with Gasteiger partial charge in [-0.25, -0.2) is 0 Å². The van der Waals surface area contributed by atoms with Crippen LogP contribution in [-0.2, 0) is 4.74 Å². The zero-order valence-corrected chi connectivity index (χ0v) is 11.6. The molecule has 0 aromatic heterocycles. The molecule has 0 aliphatic carbocycles. The normalized spacial score (nSPS) is 12.0. The molecule has 100 valence electrons. The van der Waals surface area contributed by atoms with Crippen LogP contribution in [0.1, 0.15) is 20.3 Å². The Balaban J connectivity index is 0. The minimum atomic E-state index is -1.21. The SMILES string of the molecule is COC(C)(C)CCP.NC(CO)(CO)CO. The maximum Gasteiger partial charge on any atom is 0.0856 e. The third-order valence-corrected chi connectivity index (χ3v) is 2.53. The summed E-state index contributed by atoms with van der Waals surface area (Å²) in [4.78, 5) is 0. The van der Waals surface area contributed by atoms with Crippen molar-refractivity contribution in [3.05, 3.63) is 0 Å². The van der Waals surface area contributed by atoms with Crippen molar-refractivity contribution < 1.29 is 20.1 Å². The number of nitrogens with two attached hydrogens (primary N) is 1.